The SMILES string of the molecule is CN(CCCCCC(=O)N(C)CCN1CCC(OC(=O)Nc2ccccc2-c2ccccc2)CC1)CC(=O)OC(C)(C)C. The number of piperidine rings is 1. The Labute approximate surface area is 257 Å². The summed E-state index contributed by atoms with van der Waals surface area (Å²) in [5.74, 6) is -0.0532. The summed E-state index contributed by atoms with van der Waals surface area (Å²) >= 11 is 0. The molecule has 2 amide bonds. The fourth-order valence-corrected chi connectivity index (χ4v) is 5.12. The van der Waals surface area contributed by atoms with Gasteiger partial charge in [-0.3, -0.25) is 19.8 Å². The molecule has 1 N–H and O–H groups in total. The van der Waals surface area contributed by atoms with Gasteiger partial charge in [-0.05, 0) is 71.7 Å². The molecule has 1 aliphatic heterocycles. The van der Waals surface area contributed by atoms with Gasteiger partial charge in [0, 0.05) is 45.2 Å². The van der Waals surface area contributed by atoms with Gasteiger partial charge in [-0.25, -0.2) is 4.79 Å². The van der Waals surface area contributed by atoms with Crippen molar-refractivity contribution in [3.8, 4) is 11.1 Å². The van der Waals surface area contributed by atoms with E-state index in [4.69, 9.17) is 9.47 Å². The molecule has 1 saturated heterocycles. The second kappa shape index (κ2) is 17.0. The Morgan fingerprint density at radius 2 is 1.58 bits per heavy atom. The maximum atomic E-state index is 12.7. The van der Waals surface area contributed by atoms with E-state index >= 15 is 0 Å². The summed E-state index contributed by atoms with van der Waals surface area (Å²) in [5.41, 5.74) is 2.25. The van der Waals surface area contributed by atoms with E-state index in [0.717, 1.165) is 75.1 Å². The first-order valence-electron chi connectivity index (χ1n) is 15.5. The fraction of sp³-hybridized carbons (Fsp3) is 0.559. The van der Waals surface area contributed by atoms with Gasteiger partial charge in [0.25, 0.3) is 0 Å². The number of hydrogen-bond donors (Lipinski definition) is 1. The molecule has 9 nitrogen and oxygen atoms in total. The number of nitrogens with zero attached hydrogens (tertiary/aromatic N) is 3. The molecule has 0 spiro atoms. The van der Waals surface area contributed by atoms with Crippen LogP contribution in [0, 0.1) is 0 Å². The predicted molar refractivity (Wildman–Crippen MR) is 171 cm³/mol. The lowest BCUT2D eigenvalue weighted by atomic mass is 10.0. The summed E-state index contributed by atoms with van der Waals surface area (Å²) < 4.78 is 11.1. The third kappa shape index (κ3) is 12.8. The Morgan fingerprint density at radius 1 is 0.907 bits per heavy atom. The van der Waals surface area contributed by atoms with Crippen molar-refractivity contribution in [3.05, 3.63) is 54.6 Å². The number of esters is 1. The topological polar surface area (TPSA) is 91.4 Å². The number of hydrogen-bond acceptors (Lipinski definition) is 7. The number of unbranched alkanes of at least 4 members (excludes halogenated alkanes) is 2. The van der Waals surface area contributed by atoms with E-state index in [1.807, 2.05) is 99.3 Å². The van der Waals surface area contributed by atoms with Gasteiger partial charge < -0.3 is 19.3 Å². The smallest absolute Gasteiger partial charge is 0.411 e. The molecule has 0 aromatic heterocycles. The standard InChI is InChI=1S/C34H50N4O5/c1-34(2,3)43-32(40)26-36(4)21-13-7-10-18-31(39)37(5)24-25-38-22-19-28(20-23-38)42-33(41)35-30-17-12-11-16-29(30)27-14-8-6-9-15-27/h6,8-9,11-12,14-17,28H,7,10,13,18-26H2,1-5H3,(H,35,41). The van der Waals surface area contributed by atoms with Crippen LogP contribution in [-0.4, -0.2) is 97.7 Å². The Morgan fingerprint density at radius 3 is 2.28 bits per heavy atom. The van der Waals surface area contributed by atoms with Crippen molar-refractivity contribution in [2.45, 2.75) is 71.0 Å². The normalized spacial score (nSPS) is 14.4. The zero-order valence-electron chi connectivity index (χ0n) is 26.6. The minimum absolute atomic E-state index is 0.123. The van der Waals surface area contributed by atoms with Crippen LogP contribution < -0.4 is 5.32 Å². The Bertz CT molecular complexity index is 1160. The van der Waals surface area contributed by atoms with Gasteiger partial charge in [0.05, 0.1) is 12.2 Å². The van der Waals surface area contributed by atoms with Gasteiger partial charge in [0.15, 0.2) is 0 Å². The number of anilines is 1. The lowest BCUT2D eigenvalue weighted by molar-refractivity contribution is -0.155. The molecule has 0 bridgehead atoms. The predicted octanol–water partition coefficient (Wildman–Crippen LogP) is 5.66. The van der Waals surface area contributed by atoms with Crippen molar-refractivity contribution in [1.82, 2.24) is 14.7 Å². The van der Waals surface area contributed by atoms with Gasteiger partial charge in [0.2, 0.25) is 5.91 Å². The second-order valence-corrected chi connectivity index (χ2v) is 12.4. The summed E-state index contributed by atoms with van der Waals surface area (Å²) in [6.45, 7) is 9.83. The summed E-state index contributed by atoms with van der Waals surface area (Å²) in [6, 6.07) is 17.7. The number of carbonyl (C=O) groups excluding carboxylic acids is 3. The van der Waals surface area contributed by atoms with Crippen LogP contribution in [0.3, 0.4) is 0 Å². The summed E-state index contributed by atoms with van der Waals surface area (Å²) in [7, 11) is 3.78. The molecule has 0 radical (unpaired) electrons. The molecule has 1 aliphatic rings. The Balaban J connectivity index is 1.27. The molecule has 2 aromatic rings. The van der Waals surface area contributed by atoms with Gasteiger partial charge in [0.1, 0.15) is 11.7 Å². The van der Waals surface area contributed by atoms with E-state index in [1.54, 1.807) is 0 Å². The van der Waals surface area contributed by atoms with Crippen molar-refractivity contribution in [1.29, 1.82) is 0 Å². The number of ether oxygens (including phenoxy) is 2. The quantitative estimate of drug-likeness (QED) is 0.223. The van der Waals surface area contributed by atoms with E-state index in [1.165, 1.54) is 0 Å². The van der Waals surface area contributed by atoms with E-state index in [0.29, 0.717) is 13.0 Å². The molecule has 1 heterocycles. The lowest BCUT2D eigenvalue weighted by Gasteiger charge is -2.32. The molecule has 0 saturated carbocycles. The first-order chi connectivity index (χ1) is 20.5. The van der Waals surface area contributed by atoms with Crippen LogP contribution >= 0.6 is 0 Å². The van der Waals surface area contributed by atoms with Gasteiger partial charge in [-0.1, -0.05) is 55.0 Å². The van der Waals surface area contributed by atoms with Crippen LogP contribution in [0.4, 0.5) is 10.5 Å². The fourth-order valence-electron chi connectivity index (χ4n) is 5.12. The van der Waals surface area contributed by atoms with Crippen molar-refractivity contribution >= 4 is 23.7 Å². The summed E-state index contributed by atoms with van der Waals surface area (Å²) in [6.07, 6.45) is 4.24. The van der Waals surface area contributed by atoms with Crippen LogP contribution in [0.15, 0.2) is 54.6 Å². The monoisotopic (exact) mass is 594 g/mol. The lowest BCUT2D eigenvalue weighted by Crippen LogP contribution is -2.42. The van der Waals surface area contributed by atoms with Gasteiger partial charge in [-0.15, -0.1) is 0 Å². The molecule has 236 valence electrons. The van der Waals surface area contributed by atoms with Crippen molar-refractivity contribution in [2.75, 3.05) is 58.7 Å². The largest absolute Gasteiger partial charge is 0.459 e. The summed E-state index contributed by atoms with van der Waals surface area (Å²) in [4.78, 5) is 43.3. The number of nitrogens with one attached hydrogen (secondary N) is 1. The number of likely N-dealkylation sites (tertiary alicyclic amines) is 1. The number of para-hydroxylation sites is 1. The molecule has 1 fully saturated rings. The third-order valence-corrected chi connectivity index (χ3v) is 7.48. The number of benzene rings is 2. The average Bonchev–Trinajstić information content (AvgIpc) is 2.96. The number of carbonyl (C=O) groups is 3. The zero-order valence-corrected chi connectivity index (χ0v) is 26.6. The Hall–Kier alpha value is -3.43. The molecule has 3 rings (SSSR count). The van der Waals surface area contributed by atoms with Gasteiger partial charge in [-0.2, -0.15) is 0 Å². The maximum Gasteiger partial charge on any atom is 0.411 e. The number of amides is 2. The molecule has 0 aliphatic carbocycles. The third-order valence-electron chi connectivity index (χ3n) is 7.48. The van der Waals surface area contributed by atoms with Gasteiger partial charge >= 0.3 is 12.1 Å². The Kier molecular flexibility index (Phi) is 13.5. The number of likely N-dealkylation sites (N-methyl/N-ethyl adjacent to an activating group) is 2. The van der Waals surface area contributed by atoms with E-state index in [2.05, 4.69) is 10.2 Å². The molecule has 0 atom stereocenters. The molecular weight excluding hydrogens is 544 g/mol. The zero-order chi connectivity index (χ0) is 31.2. The van der Waals surface area contributed by atoms with Crippen molar-refractivity contribution in [3.63, 3.8) is 0 Å². The van der Waals surface area contributed by atoms with Crippen molar-refractivity contribution < 1.29 is 23.9 Å². The molecular formula is C34H50N4O5. The minimum atomic E-state index is -0.468. The van der Waals surface area contributed by atoms with E-state index < -0.39 is 11.7 Å². The molecule has 9 heteroatoms. The van der Waals surface area contributed by atoms with E-state index in [-0.39, 0.29) is 24.5 Å². The summed E-state index contributed by atoms with van der Waals surface area (Å²) in [5, 5.41) is 2.92. The molecule has 0 unspecified atom stereocenters. The highest BCUT2D eigenvalue weighted by Crippen LogP contribution is 2.28. The van der Waals surface area contributed by atoms with Crippen LogP contribution in [0.2, 0.25) is 0 Å². The van der Waals surface area contributed by atoms with Crippen LogP contribution in [0.5, 0.6) is 0 Å². The van der Waals surface area contributed by atoms with Crippen LogP contribution in [0.25, 0.3) is 11.1 Å². The van der Waals surface area contributed by atoms with E-state index in [9.17, 15) is 14.4 Å². The first kappa shape index (κ1) is 34.1. The van der Waals surface area contributed by atoms with Crippen LogP contribution in [-0.2, 0) is 19.1 Å². The minimum Gasteiger partial charge on any atom is -0.459 e. The second-order valence-electron chi connectivity index (χ2n) is 12.4. The molecule has 2 aromatic carbocycles. The highest BCUT2D eigenvalue weighted by atomic mass is 16.6. The maximum absolute atomic E-state index is 12.7. The average molecular weight is 595 g/mol. The highest BCUT2D eigenvalue weighted by molar-refractivity contribution is 5.91. The van der Waals surface area contributed by atoms with Crippen molar-refractivity contribution in [2.24, 2.45) is 0 Å². The number of rotatable bonds is 14. The molecule has 43 heavy (non-hydrogen) atoms. The van der Waals surface area contributed by atoms with Crippen LogP contribution in [0.1, 0.15) is 59.3 Å². The first-order valence-corrected chi connectivity index (χ1v) is 15.5. The highest BCUT2D eigenvalue weighted by Gasteiger charge is 2.23.